The van der Waals surface area contributed by atoms with E-state index < -0.39 is 0 Å². The highest BCUT2D eigenvalue weighted by Gasteiger charge is 2.26. The van der Waals surface area contributed by atoms with E-state index >= 15 is 0 Å². The largest absolute Gasteiger partial charge is 0.376 e. The normalized spacial score (nSPS) is 29.2. The van der Waals surface area contributed by atoms with Gasteiger partial charge < -0.3 is 10.1 Å². The molecule has 1 heterocycles. The lowest BCUT2D eigenvalue weighted by atomic mass is 10.1. The maximum Gasteiger partial charge on any atom is 0.0674 e. The summed E-state index contributed by atoms with van der Waals surface area (Å²) in [6, 6.07) is 1.24. The van der Waals surface area contributed by atoms with E-state index in [0.717, 1.165) is 26.2 Å². The zero-order valence-corrected chi connectivity index (χ0v) is 11.3. The molecule has 96 valence electrons. The van der Waals surface area contributed by atoms with Gasteiger partial charge in [0.25, 0.3) is 0 Å². The van der Waals surface area contributed by atoms with Crippen molar-refractivity contribution in [2.45, 2.75) is 58.7 Å². The molecule has 3 unspecified atom stereocenters. The van der Waals surface area contributed by atoms with Crippen molar-refractivity contribution >= 4 is 0 Å². The first-order valence-electron chi connectivity index (χ1n) is 6.80. The van der Waals surface area contributed by atoms with Crippen LogP contribution >= 0.6 is 0 Å². The molecule has 0 aromatic rings. The van der Waals surface area contributed by atoms with Crippen LogP contribution in [-0.4, -0.2) is 49.3 Å². The summed E-state index contributed by atoms with van der Waals surface area (Å²) in [7, 11) is 0. The average Bonchev–Trinajstić information content (AvgIpc) is 2.29. The molecule has 1 aliphatic rings. The van der Waals surface area contributed by atoms with Crippen LogP contribution in [0.25, 0.3) is 0 Å². The Morgan fingerprint density at radius 1 is 1.38 bits per heavy atom. The summed E-state index contributed by atoms with van der Waals surface area (Å²) >= 11 is 0. The second-order valence-electron chi connectivity index (χ2n) is 4.82. The molecule has 0 aliphatic carbocycles. The van der Waals surface area contributed by atoms with Crippen molar-refractivity contribution in [1.29, 1.82) is 0 Å². The molecule has 3 heteroatoms. The van der Waals surface area contributed by atoms with Crippen LogP contribution in [0.1, 0.15) is 40.5 Å². The second-order valence-corrected chi connectivity index (χ2v) is 4.82. The predicted octanol–water partition coefficient (Wildman–Crippen LogP) is 1.87. The third-order valence-corrected chi connectivity index (χ3v) is 3.49. The fourth-order valence-electron chi connectivity index (χ4n) is 2.42. The van der Waals surface area contributed by atoms with Crippen molar-refractivity contribution in [1.82, 2.24) is 10.2 Å². The number of hydrogen-bond donors (Lipinski definition) is 1. The molecule has 1 saturated heterocycles. The van der Waals surface area contributed by atoms with Crippen LogP contribution in [0.15, 0.2) is 0 Å². The molecule has 1 fully saturated rings. The van der Waals surface area contributed by atoms with Crippen LogP contribution in [0, 0.1) is 0 Å². The van der Waals surface area contributed by atoms with Crippen molar-refractivity contribution in [2.24, 2.45) is 0 Å². The molecule has 0 aromatic carbocycles. The zero-order chi connectivity index (χ0) is 12.0. The predicted molar refractivity (Wildman–Crippen MR) is 68.8 cm³/mol. The van der Waals surface area contributed by atoms with Crippen LogP contribution < -0.4 is 5.32 Å². The molecule has 3 atom stereocenters. The minimum absolute atomic E-state index is 0.391. The van der Waals surface area contributed by atoms with E-state index in [4.69, 9.17) is 4.74 Å². The van der Waals surface area contributed by atoms with Gasteiger partial charge >= 0.3 is 0 Å². The number of morpholine rings is 1. The molecule has 0 radical (unpaired) electrons. The fourth-order valence-corrected chi connectivity index (χ4v) is 2.42. The average molecular weight is 228 g/mol. The Kier molecular flexibility index (Phi) is 6.32. The molecule has 1 aliphatic heterocycles. The lowest BCUT2D eigenvalue weighted by molar-refractivity contribution is -0.0585. The monoisotopic (exact) mass is 228 g/mol. The van der Waals surface area contributed by atoms with Gasteiger partial charge in [0.1, 0.15) is 0 Å². The van der Waals surface area contributed by atoms with Crippen LogP contribution in [0.5, 0.6) is 0 Å². The van der Waals surface area contributed by atoms with E-state index in [9.17, 15) is 0 Å². The van der Waals surface area contributed by atoms with Gasteiger partial charge in [-0.15, -0.1) is 0 Å². The van der Waals surface area contributed by atoms with Gasteiger partial charge in [0, 0.05) is 25.2 Å². The van der Waals surface area contributed by atoms with Crippen molar-refractivity contribution in [3.8, 4) is 0 Å². The van der Waals surface area contributed by atoms with Crippen molar-refractivity contribution in [3.63, 3.8) is 0 Å². The highest BCUT2D eigenvalue weighted by atomic mass is 16.5. The lowest BCUT2D eigenvalue weighted by Crippen LogP contribution is -2.53. The Morgan fingerprint density at radius 2 is 2.12 bits per heavy atom. The van der Waals surface area contributed by atoms with Gasteiger partial charge in [-0.2, -0.15) is 0 Å². The van der Waals surface area contributed by atoms with Gasteiger partial charge in [-0.3, -0.25) is 4.90 Å². The molecule has 3 nitrogen and oxygen atoms in total. The third kappa shape index (κ3) is 4.04. The van der Waals surface area contributed by atoms with E-state index in [2.05, 4.69) is 37.9 Å². The number of hydrogen-bond acceptors (Lipinski definition) is 3. The minimum atomic E-state index is 0.391. The smallest absolute Gasteiger partial charge is 0.0674 e. The van der Waals surface area contributed by atoms with Crippen LogP contribution in [-0.2, 0) is 4.74 Å². The number of nitrogens with zero attached hydrogens (tertiary/aromatic N) is 1. The Morgan fingerprint density at radius 3 is 2.69 bits per heavy atom. The summed E-state index contributed by atoms with van der Waals surface area (Å²) in [5, 5.41) is 3.56. The molecule has 16 heavy (non-hydrogen) atoms. The molecular formula is C13H28N2O. The SMILES string of the molecule is CCNC(CC)CN1CC(C)OCC1CC. The fraction of sp³-hybridized carbons (Fsp3) is 1.00. The number of ether oxygens (including phenoxy) is 1. The first-order valence-corrected chi connectivity index (χ1v) is 6.80. The van der Waals surface area contributed by atoms with E-state index in [-0.39, 0.29) is 0 Å². The van der Waals surface area contributed by atoms with Gasteiger partial charge in [-0.1, -0.05) is 20.8 Å². The summed E-state index contributed by atoms with van der Waals surface area (Å²) < 4.78 is 5.72. The molecule has 0 bridgehead atoms. The van der Waals surface area contributed by atoms with Crippen molar-refractivity contribution in [2.75, 3.05) is 26.2 Å². The topological polar surface area (TPSA) is 24.5 Å². The maximum atomic E-state index is 5.72. The Labute approximate surface area is 101 Å². The summed E-state index contributed by atoms with van der Waals surface area (Å²) in [5.74, 6) is 0. The molecule has 0 aromatic heterocycles. The first kappa shape index (κ1) is 13.9. The minimum Gasteiger partial charge on any atom is -0.376 e. The zero-order valence-electron chi connectivity index (χ0n) is 11.3. The number of likely N-dealkylation sites (N-methyl/N-ethyl adjacent to an activating group) is 1. The van der Waals surface area contributed by atoms with Crippen LogP contribution in [0.2, 0.25) is 0 Å². The molecule has 1 N–H and O–H groups in total. The summed E-state index contributed by atoms with van der Waals surface area (Å²) in [4.78, 5) is 2.60. The molecule has 0 saturated carbocycles. The molecule has 1 rings (SSSR count). The highest BCUT2D eigenvalue weighted by molar-refractivity contribution is 4.81. The van der Waals surface area contributed by atoms with Gasteiger partial charge in [0.15, 0.2) is 0 Å². The van der Waals surface area contributed by atoms with Crippen LogP contribution in [0.3, 0.4) is 0 Å². The quantitative estimate of drug-likeness (QED) is 0.751. The molecule has 0 amide bonds. The van der Waals surface area contributed by atoms with Gasteiger partial charge in [-0.05, 0) is 26.3 Å². The Hall–Kier alpha value is -0.120. The second kappa shape index (κ2) is 7.25. The van der Waals surface area contributed by atoms with Crippen molar-refractivity contribution < 1.29 is 4.74 Å². The summed E-state index contributed by atoms with van der Waals surface area (Å²) in [5.41, 5.74) is 0. The van der Waals surface area contributed by atoms with E-state index in [1.165, 1.54) is 12.8 Å². The maximum absolute atomic E-state index is 5.72. The van der Waals surface area contributed by atoms with Crippen LogP contribution in [0.4, 0.5) is 0 Å². The van der Waals surface area contributed by atoms with E-state index in [1.54, 1.807) is 0 Å². The van der Waals surface area contributed by atoms with Gasteiger partial charge in [0.2, 0.25) is 0 Å². The summed E-state index contributed by atoms with van der Waals surface area (Å²) in [6.45, 7) is 13.1. The van der Waals surface area contributed by atoms with E-state index in [0.29, 0.717) is 18.2 Å². The first-order chi connectivity index (χ1) is 7.71. The third-order valence-electron chi connectivity index (χ3n) is 3.49. The Bertz CT molecular complexity index is 187. The van der Waals surface area contributed by atoms with Gasteiger partial charge in [0.05, 0.1) is 12.7 Å². The molecular weight excluding hydrogens is 200 g/mol. The Balaban J connectivity index is 2.46. The van der Waals surface area contributed by atoms with Gasteiger partial charge in [-0.25, -0.2) is 0 Å². The lowest BCUT2D eigenvalue weighted by Gasteiger charge is -2.40. The standard InChI is InChI=1S/C13H28N2O/c1-5-12(14-7-3)9-15-8-11(4)16-10-13(15)6-2/h11-14H,5-10H2,1-4H3. The van der Waals surface area contributed by atoms with E-state index in [1.807, 2.05) is 0 Å². The molecule has 0 spiro atoms. The van der Waals surface area contributed by atoms with Crippen molar-refractivity contribution in [3.05, 3.63) is 0 Å². The summed E-state index contributed by atoms with van der Waals surface area (Å²) in [6.07, 6.45) is 2.78. The number of nitrogens with one attached hydrogen (secondary N) is 1. The highest BCUT2D eigenvalue weighted by Crippen LogP contribution is 2.15. The number of rotatable bonds is 6.